The van der Waals surface area contributed by atoms with E-state index in [0.717, 1.165) is 0 Å². The van der Waals surface area contributed by atoms with Gasteiger partial charge in [-0.2, -0.15) is 13.2 Å². The highest BCUT2D eigenvalue weighted by molar-refractivity contribution is 6.41. The van der Waals surface area contributed by atoms with Gasteiger partial charge in [0.15, 0.2) is 5.69 Å². The molecule has 3 nitrogen and oxygen atoms in total. The maximum Gasteiger partial charge on any atom is 0.433 e. The Morgan fingerprint density at radius 3 is 2.10 bits per heavy atom. The van der Waals surface area contributed by atoms with E-state index >= 15 is 0 Å². The predicted molar refractivity (Wildman–Crippen MR) is 70.3 cm³/mol. The van der Waals surface area contributed by atoms with Gasteiger partial charge in [0, 0.05) is 11.1 Å². The lowest BCUT2D eigenvalue weighted by molar-refractivity contribution is -0.141. The average Bonchev–Trinajstić information content (AvgIpc) is 2.25. The lowest BCUT2D eigenvalue weighted by atomic mass is 10.2. The summed E-state index contributed by atoms with van der Waals surface area (Å²) in [6.07, 6.45) is -4.76. The molecule has 1 N–H and O–H groups in total. The molecule has 2 rings (SSSR count). The van der Waals surface area contributed by atoms with Crippen molar-refractivity contribution in [1.29, 1.82) is 0 Å². The molecule has 0 amide bonds. The molecule has 0 unspecified atom stereocenters. The zero-order valence-corrected chi connectivity index (χ0v) is 11.6. The highest BCUT2D eigenvalue weighted by Gasteiger charge is 2.33. The van der Waals surface area contributed by atoms with Crippen LogP contribution in [0.4, 0.5) is 13.2 Å². The fraction of sp³-hybridized carbons (Fsp3) is 0.0909. The highest BCUT2D eigenvalue weighted by Crippen LogP contribution is 2.36. The molecule has 20 heavy (non-hydrogen) atoms. The van der Waals surface area contributed by atoms with E-state index in [4.69, 9.17) is 34.8 Å². The predicted octanol–water partition coefficient (Wildman–Crippen LogP) is 4.42. The first kappa shape index (κ1) is 15.2. The highest BCUT2D eigenvalue weighted by atomic mass is 35.5. The van der Waals surface area contributed by atoms with Crippen LogP contribution < -0.4 is 5.56 Å². The number of nitrogens with zero attached hydrogens (tertiary/aromatic N) is 1. The summed E-state index contributed by atoms with van der Waals surface area (Å²) >= 11 is 17.5. The van der Waals surface area contributed by atoms with Gasteiger partial charge < -0.3 is 4.98 Å². The number of benzene rings is 1. The van der Waals surface area contributed by atoms with E-state index in [0.29, 0.717) is 6.07 Å². The molecule has 0 aliphatic heterocycles. The monoisotopic (exact) mass is 342 g/mol. The molecule has 2 aromatic rings. The average molecular weight is 344 g/mol. The van der Waals surface area contributed by atoms with Gasteiger partial charge in [0.1, 0.15) is 5.82 Å². The van der Waals surface area contributed by atoms with Crippen molar-refractivity contribution in [2.75, 3.05) is 0 Å². The smallest absolute Gasteiger partial charge is 0.306 e. The van der Waals surface area contributed by atoms with E-state index in [9.17, 15) is 18.0 Å². The summed E-state index contributed by atoms with van der Waals surface area (Å²) in [6, 6.07) is 2.91. The first-order valence-corrected chi connectivity index (χ1v) is 6.15. The molecule has 0 saturated carbocycles. The normalized spacial score (nSPS) is 11.7. The maximum absolute atomic E-state index is 12.6. The van der Waals surface area contributed by atoms with Crippen LogP contribution in [0.1, 0.15) is 5.69 Å². The maximum atomic E-state index is 12.6. The van der Waals surface area contributed by atoms with Crippen LogP contribution in [0.5, 0.6) is 0 Å². The molecular formula is C11H4Cl3F3N2O. The van der Waals surface area contributed by atoms with Crippen LogP contribution in [0.2, 0.25) is 15.1 Å². The topological polar surface area (TPSA) is 45.8 Å². The number of H-pyrrole nitrogens is 1. The van der Waals surface area contributed by atoms with E-state index < -0.39 is 17.4 Å². The molecule has 106 valence electrons. The van der Waals surface area contributed by atoms with E-state index in [-0.39, 0.29) is 26.5 Å². The third kappa shape index (κ3) is 3.08. The quantitative estimate of drug-likeness (QED) is 0.833. The fourth-order valence-electron chi connectivity index (χ4n) is 1.49. The second kappa shape index (κ2) is 5.27. The molecule has 1 aromatic carbocycles. The molecule has 0 spiro atoms. The number of halogens is 6. The number of aromatic nitrogens is 2. The molecule has 0 aliphatic carbocycles. The van der Waals surface area contributed by atoms with Gasteiger partial charge in [0.25, 0.3) is 5.56 Å². The molecule has 0 bridgehead atoms. The molecule has 1 aromatic heterocycles. The Morgan fingerprint density at radius 2 is 1.60 bits per heavy atom. The van der Waals surface area contributed by atoms with Gasteiger partial charge >= 0.3 is 6.18 Å². The number of rotatable bonds is 1. The zero-order chi connectivity index (χ0) is 15.1. The summed E-state index contributed by atoms with van der Waals surface area (Å²) < 4.78 is 37.9. The molecule has 0 atom stereocenters. The van der Waals surface area contributed by atoms with Crippen molar-refractivity contribution in [2.45, 2.75) is 6.18 Å². The Morgan fingerprint density at radius 1 is 1.05 bits per heavy atom. The minimum absolute atomic E-state index is 0.0232. The van der Waals surface area contributed by atoms with E-state index in [2.05, 4.69) is 9.97 Å². The zero-order valence-electron chi connectivity index (χ0n) is 9.36. The van der Waals surface area contributed by atoms with Crippen LogP contribution in [0.3, 0.4) is 0 Å². The largest absolute Gasteiger partial charge is 0.433 e. The molecule has 1 heterocycles. The molecular weight excluding hydrogens is 339 g/mol. The third-order valence-corrected chi connectivity index (χ3v) is 3.09. The van der Waals surface area contributed by atoms with E-state index in [1.807, 2.05) is 0 Å². The molecule has 0 radical (unpaired) electrons. The minimum atomic E-state index is -4.76. The van der Waals surface area contributed by atoms with Crippen molar-refractivity contribution in [3.05, 3.63) is 49.3 Å². The Labute approximate surface area is 125 Å². The van der Waals surface area contributed by atoms with Crippen molar-refractivity contribution in [3.63, 3.8) is 0 Å². The van der Waals surface area contributed by atoms with E-state index in [1.54, 1.807) is 0 Å². The summed E-state index contributed by atoms with van der Waals surface area (Å²) in [4.78, 5) is 16.8. The van der Waals surface area contributed by atoms with Crippen LogP contribution in [0, 0.1) is 0 Å². The van der Waals surface area contributed by atoms with Crippen LogP contribution >= 0.6 is 34.8 Å². The standard InChI is InChI=1S/C11H4Cl3F3N2O/c12-4-1-5(13)9(6(14)2-4)10-18-7(11(15,16)17)3-8(20)19-10/h1-3H,(H,18,19,20). The Balaban J connectivity index is 2.71. The summed E-state index contributed by atoms with van der Waals surface area (Å²) in [6.45, 7) is 0. The number of nitrogens with one attached hydrogen (secondary N) is 1. The van der Waals surface area contributed by atoms with Gasteiger partial charge in [-0.3, -0.25) is 4.79 Å². The lowest BCUT2D eigenvalue weighted by Gasteiger charge is -2.10. The summed E-state index contributed by atoms with van der Waals surface area (Å²) in [5.41, 5.74) is -2.33. The van der Waals surface area contributed by atoms with Crippen molar-refractivity contribution in [1.82, 2.24) is 9.97 Å². The molecule has 0 fully saturated rings. The van der Waals surface area contributed by atoms with Gasteiger partial charge in [-0.05, 0) is 12.1 Å². The Hall–Kier alpha value is -1.24. The Bertz CT molecular complexity index is 705. The number of alkyl halides is 3. The van der Waals surface area contributed by atoms with E-state index in [1.165, 1.54) is 12.1 Å². The van der Waals surface area contributed by atoms with Crippen molar-refractivity contribution in [3.8, 4) is 11.4 Å². The van der Waals surface area contributed by atoms with Crippen molar-refractivity contribution >= 4 is 34.8 Å². The van der Waals surface area contributed by atoms with Gasteiger partial charge in [0.05, 0.1) is 15.6 Å². The van der Waals surface area contributed by atoms with Crippen LogP contribution in [-0.2, 0) is 6.18 Å². The second-order valence-electron chi connectivity index (χ2n) is 3.72. The molecule has 9 heteroatoms. The van der Waals surface area contributed by atoms with Gasteiger partial charge in [-0.25, -0.2) is 4.98 Å². The number of hydrogen-bond donors (Lipinski definition) is 1. The number of aromatic amines is 1. The second-order valence-corrected chi connectivity index (χ2v) is 4.97. The SMILES string of the molecule is O=c1cc(C(F)(F)F)nc(-c2c(Cl)cc(Cl)cc2Cl)[nH]1. The minimum Gasteiger partial charge on any atom is -0.306 e. The summed E-state index contributed by atoms with van der Waals surface area (Å²) in [7, 11) is 0. The third-order valence-electron chi connectivity index (χ3n) is 2.28. The van der Waals surface area contributed by atoms with Gasteiger partial charge in [0.2, 0.25) is 0 Å². The molecule has 0 saturated heterocycles. The lowest BCUT2D eigenvalue weighted by Crippen LogP contribution is -2.17. The van der Waals surface area contributed by atoms with Crippen LogP contribution in [-0.4, -0.2) is 9.97 Å². The number of hydrogen-bond acceptors (Lipinski definition) is 2. The molecule has 0 aliphatic rings. The van der Waals surface area contributed by atoms with Crippen molar-refractivity contribution < 1.29 is 13.2 Å². The van der Waals surface area contributed by atoms with Crippen LogP contribution in [0.25, 0.3) is 11.4 Å². The first-order valence-electron chi connectivity index (χ1n) is 5.02. The summed E-state index contributed by atoms with van der Waals surface area (Å²) in [5.74, 6) is -0.378. The Kier molecular flexibility index (Phi) is 4.00. The van der Waals surface area contributed by atoms with Gasteiger partial charge in [-0.1, -0.05) is 34.8 Å². The van der Waals surface area contributed by atoms with Gasteiger partial charge in [-0.15, -0.1) is 0 Å². The van der Waals surface area contributed by atoms with Crippen molar-refractivity contribution in [2.24, 2.45) is 0 Å². The van der Waals surface area contributed by atoms with Crippen LogP contribution in [0.15, 0.2) is 23.0 Å². The summed E-state index contributed by atoms with van der Waals surface area (Å²) in [5, 5.41) is 0.160. The first-order chi connectivity index (χ1) is 9.18. The fourth-order valence-corrected chi connectivity index (χ4v) is 2.49.